The first kappa shape index (κ1) is 21.6. The van der Waals surface area contributed by atoms with E-state index in [4.69, 9.17) is 9.29 Å². The number of halogens is 3. The fraction of sp³-hybridized carbons (Fsp3) is 0.400. The van der Waals surface area contributed by atoms with E-state index in [1.165, 1.54) is 24.3 Å². The Labute approximate surface area is 167 Å². The predicted molar refractivity (Wildman–Crippen MR) is 101 cm³/mol. The average Bonchev–Trinajstić information content (AvgIpc) is 2.56. The first-order valence-corrected chi connectivity index (χ1v) is 10.5. The van der Waals surface area contributed by atoms with E-state index in [0.29, 0.717) is 11.2 Å². The maximum atomic E-state index is 12.4. The van der Waals surface area contributed by atoms with Gasteiger partial charge < -0.3 is 10.1 Å². The molecule has 0 aromatic heterocycles. The van der Waals surface area contributed by atoms with Gasteiger partial charge in [-0.15, -0.1) is 0 Å². The van der Waals surface area contributed by atoms with E-state index in [-0.39, 0.29) is 11.0 Å². The molecule has 4 rings (SSSR count). The normalized spacial score (nSPS) is 18.2. The van der Waals surface area contributed by atoms with Crippen LogP contribution in [0.1, 0.15) is 24.0 Å². The van der Waals surface area contributed by atoms with Crippen LogP contribution in [0, 0.1) is 12.3 Å². The van der Waals surface area contributed by atoms with Crippen molar-refractivity contribution >= 4 is 10.1 Å². The second-order valence-corrected chi connectivity index (χ2v) is 8.98. The first-order valence-electron chi connectivity index (χ1n) is 9.06. The molecule has 29 heavy (non-hydrogen) atoms. The van der Waals surface area contributed by atoms with Crippen LogP contribution < -0.4 is 10.1 Å². The molecule has 5 nitrogen and oxygen atoms in total. The minimum atomic E-state index is -4.28. The fourth-order valence-corrected chi connectivity index (χ4v) is 3.86. The Morgan fingerprint density at radius 2 is 1.59 bits per heavy atom. The molecule has 2 fully saturated rings. The predicted octanol–water partition coefficient (Wildman–Crippen LogP) is 4.08. The number of hydrogen-bond acceptors (Lipinski definition) is 4. The highest BCUT2D eigenvalue weighted by Gasteiger charge is 2.49. The zero-order valence-electron chi connectivity index (χ0n) is 15.7. The summed E-state index contributed by atoms with van der Waals surface area (Å²) in [7, 11) is -4.02. The van der Waals surface area contributed by atoms with Crippen molar-refractivity contribution in [2.45, 2.75) is 36.9 Å². The zero-order chi connectivity index (χ0) is 21.3. The second-order valence-electron chi connectivity index (χ2n) is 7.56. The van der Waals surface area contributed by atoms with Gasteiger partial charge in [-0.3, -0.25) is 4.55 Å². The van der Waals surface area contributed by atoms with Crippen molar-refractivity contribution in [3.63, 3.8) is 0 Å². The van der Waals surface area contributed by atoms with Crippen LogP contribution in [0.2, 0.25) is 0 Å². The van der Waals surface area contributed by atoms with E-state index in [1.807, 2.05) is 6.92 Å². The first-order chi connectivity index (χ1) is 13.5. The molecule has 2 aliphatic rings. The van der Waals surface area contributed by atoms with Gasteiger partial charge in [0.1, 0.15) is 5.75 Å². The molecule has 2 N–H and O–H groups in total. The van der Waals surface area contributed by atoms with Crippen LogP contribution >= 0.6 is 0 Å². The van der Waals surface area contributed by atoms with Crippen LogP contribution in [0.15, 0.2) is 53.4 Å². The summed E-state index contributed by atoms with van der Waals surface area (Å²) in [6, 6.07) is 10.9. The van der Waals surface area contributed by atoms with Crippen molar-refractivity contribution < 1.29 is 30.9 Å². The van der Waals surface area contributed by atoms with Gasteiger partial charge in [0.05, 0.1) is 16.6 Å². The van der Waals surface area contributed by atoms with Crippen molar-refractivity contribution in [2.75, 3.05) is 13.1 Å². The quantitative estimate of drug-likeness (QED) is 0.720. The van der Waals surface area contributed by atoms with E-state index in [9.17, 15) is 21.6 Å². The molecule has 1 spiro atoms. The topological polar surface area (TPSA) is 75.6 Å². The smallest absolute Gasteiger partial charge is 0.416 e. The third-order valence-corrected chi connectivity index (χ3v) is 5.99. The molecule has 0 atom stereocenters. The highest BCUT2D eigenvalue weighted by Crippen LogP contribution is 2.45. The minimum Gasteiger partial charge on any atom is -0.490 e. The third-order valence-electron chi connectivity index (χ3n) is 5.12. The lowest BCUT2D eigenvalue weighted by molar-refractivity contribution is -0.137. The molecule has 1 saturated carbocycles. The molecule has 0 amide bonds. The van der Waals surface area contributed by atoms with E-state index in [2.05, 4.69) is 5.32 Å². The summed E-state index contributed by atoms with van der Waals surface area (Å²) in [5.41, 5.74) is 0.733. The number of ether oxygens (including phenoxy) is 1. The van der Waals surface area contributed by atoms with Gasteiger partial charge in [-0.2, -0.15) is 21.6 Å². The Balaban J connectivity index is 0.000000188. The standard InChI is InChI=1S/C13H14F3NO.C7H8O3S/c14-13(15,16)9-1-3-10(4-2-9)18-11-5-12(6-11)7-17-8-12;1-6-2-4-7(5-3-6)11(8,9)10/h1-4,11,17H,5-8H2;2-5H,1H3,(H,8,9,10). The summed E-state index contributed by atoms with van der Waals surface area (Å²) < 4.78 is 72.3. The van der Waals surface area contributed by atoms with Gasteiger partial charge >= 0.3 is 6.18 Å². The van der Waals surface area contributed by atoms with Crippen LogP contribution in [0.25, 0.3) is 0 Å². The molecule has 9 heteroatoms. The highest BCUT2D eigenvalue weighted by molar-refractivity contribution is 7.85. The molecule has 0 radical (unpaired) electrons. The lowest BCUT2D eigenvalue weighted by Gasteiger charge is -2.53. The third kappa shape index (κ3) is 5.49. The molecule has 1 aliphatic carbocycles. The van der Waals surface area contributed by atoms with Crippen molar-refractivity contribution in [1.29, 1.82) is 0 Å². The average molecular weight is 429 g/mol. The molecule has 2 aromatic carbocycles. The minimum absolute atomic E-state index is 0.0666. The Bertz CT molecular complexity index is 929. The molecule has 2 aromatic rings. The molecular formula is C20H22F3NO4S. The number of hydrogen-bond donors (Lipinski definition) is 2. The van der Waals surface area contributed by atoms with Gasteiger partial charge in [-0.1, -0.05) is 17.7 Å². The van der Waals surface area contributed by atoms with E-state index < -0.39 is 21.9 Å². The van der Waals surface area contributed by atoms with E-state index >= 15 is 0 Å². The summed E-state index contributed by atoms with van der Waals surface area (Å²) in [5.74, 6) is 0.523. The van der Waals surface area contributed by atoms with Crippen LogP contribution in [0.5, 0.6) is 5.75 Å². The molecule has 158 valence electrons. The van der Waals surface area contributed by atoms with Crippen LogP contribution in [0.3, 0.4) is 0 Å². The maximum absolute atomic E-state index is 12.4. The number of rotatable bonds is 3. The zero-order valence-corrected chi connectivity index (χ0v) is 16.6. The summed E-state index contributed by atoms with van der Waals surface area (Å²) in [4.78, 5) is -0.0666. The Morgan fingerprint density at radius 1 is 1.03 bits per heavy atom. The van der Waals surface area contributed by atoms with Crippen molar-refractivity contribution in [3.8, 4) is 5.75 Å². The SMILES string of the molecule is Cc1ccc(S(=O)(=O)O)cc1.FC(F)(F)c1ccc(OC2CC3(CNC3)C2)cc1. The van der Waals surface area contributed by atoms with Crippen molar-refractivity contribution in [3.05, 3.63) is 59.7 Å². The highest BCUT2D eigenvalue weighted by atomic mass is 32.2. The maximum Gasteiger partial charge on any atom is 0.416 e. The fourth-order valence-electron chi connectivity index (χ4n) is 3.38. The van der Waals surface area contributed by atoms with Gasteiger partial charge in [-0.25, -0.2) is 0 Å². The molecule has 1 saturated heterocycles. The Hall–Kier alpha value is -2.10. The van der Waals surface area contributed by atoms with Crippen molar-refractivity contribution in [2.24, 2.45) is 5.41 Å². The molecule has 0 bridgehead atoms. The molecule has 0 unspecified atom stereocenters. The van der Waals surface area contributed by atoms with E-state index in [0.717, 1.165) is 43.6 Å². The molecule has 1 aliphatic heterocycles. The van der Waals surface area contributed by atoms with Crippen molar-refractivity contribution in [1.82, 2.24) is 5.32 Å². The summed E-state index contributed by atoms with van der Waals surface area (Å²) in [6.07, 6.45) is -2.12. The van der Waals surface area contributed by atoms with Gasteiger partial charge in [-0.05, 0) is 56.2 Å². The van der Waals surface area contributed by atoms with Gasteiger partial charge in [0.25, 0.3) is 10.1 Å². The van der Waals surface area contributed by atoms with Gasteiger partial charge in [0.2, 0.25) is 0 Å². The number of benzene rings is 2. The van der Waals surface area contributed by atoms with Gasteiger partial charge in [0, 0.05) is 18.5 Å². The summed E-state index contributed by atoms with van der Waals surface area (Å²) >= 11 is 0. The lowest BCUT2D eigenvalue weighted by Crippen LogP contribution is -2.62. The van der Waals surface area contributed by atoms with Crippen LogP contribution in [-0.2, 0) is 16.3 Å². The second kappa shape index (κ2) is 7.97. The molecule has 1 heterocycles. The summed E-state index contributed by atoms with van der Waals surface area (Å²) in [6.45, 7) is 3.92. The number of aryl methyl sites for hydroxylation is 1. The lowest BCUT2D eigenvalue weighted by atomic mass is 9.63. The Morgan fingerprint density at radius 3 is 2.00 bits per heavy atom. The monoisotopic (exact) mass is 429 g/mol. The number of alkyl halides is 3. The number of nitrogens with one attached hydrogen (secondary N) is 1. The molecular weight excluding hydrogens is 407 g/mol. The van der Waals surface area contributed by atoms with E-state index in [1.54, 1.807) is 12.1 Å². The van der Waals surface area contributed by atoms with Crippen LogP contribution in [0.4, 0.5) is 13.2 Å². The Kier molecular flexibility index (Phi) is 5.93. The largest absolute Gasteiger partial charge is 0.490 e. The van der Waals surface area contributed by atoms with Crippen LogP contribution in [-0.4, -0.2) is 32.2 Å². The van der Waals surface area contributed by atoms with Gasteiger partial charge in [0.15, 0.2) is 0 Å². The summed E-state index contributed by atoms with van der Waals surface area (Å²) in [5, 5.41) is 3.23.